The van der Waals surface area contributed by atoms with Crippen molar-refractivity contribution in [1.29, 1.82) is 0 Å². The Morgan fingerprint density at radius 2 is 0.872 bits per heavy atom. The summed E-state index contributed by atoms with van der Waals surface area (Å²) in [6, 6.07) is 30.7. The van der Waals surface area contributed by atoms with Gasteiger partial charge < -0.3 is 0 Å². The molecule has 0 radical (unpaired) electrons. The van der Waals surface area contributed by atoms with E-state index in [-0.39, 0.29) is 16.3 Å². The maximum atomic E-state index is 12.9. The zero-order valence-corrected chi connectivity index (χ0v) is 26.4. The van der Waals surface area contributed by atoms with Crippen LogP contribution in [0.25, 0.3) is 0 Å². The smallest absolute Gasteiger partial charge is 0.205 e. The summed E-state index contributed by atoms with van der Waals surface area (Å²) in [5, 5.41) is -7.61. The lowest BCUT2D eigenvalue weighted by atomic mass is 9.87. The Bertz CT molecular complexity index is 1670. The van der Waals surface area contributed by atoms with Gasteiger partial charge >= 0.3 is 38.8 Å². The van der Waals surface area contributed by atoms with Crippen molar-refractivity contribution >= 4 is 30.9 Å². The Balaban J connectivity index is 0.000000327. The maximum Gasteiger partial charge on any atom is 0.512 e. The van der Waals surface area contributed by atoms with E-state index >= 15 is 0 Å². The number of benzene rings is 3. The summed E-state index contributed by atoms with van der Waals surface area (Å²) in [6.07, 6.45) is -7.46. The molecule has 0 amide bonds. The average Bonchev–Trinajstić information content (AvgIpc) is 2.92. The van der Waals surface area contributed by atoms with Crippen molar-refractivity contribution < 1.29 is 69.5 Å². The third kappa shape index (κ3) is 8.55. The molecule has 5 nitrogen and oxygen atoms in total. The minimum absolute atomic E-state index is 0.0497. The van der Waals surface area contributed by atoms with Crippen LogP contribution in [0.2, 0.25) is 0 Å². The Hall–Kier alpha value is -2.97. The van der Waals surface area contributed by atoms with Gasteiger partial charge in [-0.15, -0.1) is 0 Å². The summed E-state index contributed by atoms with van der Waals surface area (Å²) in [5.74, 6) is -15.6. The van der Waals surface area contributed by atoms with E-state index < -0.39 is 53.0 Å². The third-order valence-electron chi connectivity index (χ3n) is 5.89. The standard InChI is InChI=1S/C22H23S.C5HF12NO4S2/c1-22(2,3)18-14-16-21(17-15-18)23(19-10-6-4-7-11-19)20-12-8-5-9-13-20;6-1(7,3(10,11)12)2(8,9)4(13,14)23(19,20)18-24(21,22)5(15,16)17/h4-17H,1-3H3;18H/q+1;. The molecule has 0 saturated heterocycles. The van der Waals surface area contributed by atoms with Crippen molar-refractivity contribution in [3.63, 3.8) is 0 Å². The normalized spacial score (nSPS) is 14.0. The van der Waals surface area contributed by atoms with E-state index in [1.54, 1.807) is 0 Å². The quantitative estimate of drug-likeness (QED) is 0.186. The van der Waals surface area contributed by atoms with E-state index in [0.29, 0.717) is 0 Å². The van der Waals surface area contributed by atoms with Gasteiger partial charge in [0.15, 0.2) is 14.7 Å². The van der Waals surface area contributed by atoms with Crippen LogP contribution in [0, 0.1) is 0 Å². The zero-order chi connectivity index (χ0) is 36.5. The Morgan fingerprint density at radius 1 is 0.511 bits per heavy atom. The van der Waals surface area contributed by atoms with Gasteiger partial charge in [0.05, 0.1) is 10.9 Å². The molecule has 262 valence electrons. The number of rotatable bonds is 8. The fraction of sp³-hybridized carbons (Fsp3) is 0.333. The van der Waals surface area contributed by atoms with Gasteiger partial charge in [-0.2, -0.15) is 52.7 Å². The molecule has 3 rings (SSSR count). The molecule has 47 heavy (non-hydrogen) atoms. The number of alkyl halides is 12. The number of sulfonamides is 2. The fourth-order valence-corrected chi connectivity index (χ4v) is 7.89. The highest BCUT2D eigenvalue weighted by molar-refractivity contribution is 8.05. The van der Waals surface area contributed by atoms with Crippen molar-refractivity contribution in [1.82, 2.24) is 4.13 Å². The van der Waals surface area contributed by atoms with Crippen LogP contribution >= 0.6 is 0 Å². The number of halogens is 12. The average molecular weight is 751 g/mol. The van der Waals surface area contributed by atoms with E-state index in [9.17, 15) is 69.5 Å². The molecule has 0 atom stereocenters. The summed E-state index contributed by atoms with van der Waals surface area (Å²) in [5.41, 5.74) is -5.12. The summed E-state index contributed by atoms with van der Waals surface area (Å²) in [6.45, 7) is 6.78. The molecule has 0 fully saturated rings. The first kappa shape index (κ1) is 40.2. The van der Waals surface area contributed by atoms with Crippen molar-refractivity contribution in [2.24, 2.45) is 0 Å². The fourth-order valence-electron chi connectivity index (χ4n) is 3.39. The summed E-state index contributed by atoms with van der Waals surface area (Å²) >= 11 is 0. The van der Waals surface area contributed by atoms with Gasteiger partial charge in [0.2, 0.25) is 0 Å². The monoisotopic (exact) mass is 750 g/mol. The van der Waals surface area contributed by atoms with E-state index in [1.165, 1.54) is 20.2 Å². The molecule has 0 unspecified atom stereocenters. The Kier molecular flexibility index (Phi) is 11.6. The first-order valence-electron chi connectivity index (χ1n) is 12.5. The SMILES string of the molecule is CC(C)(C)c1ccc([S+](c2ccccc2)c2ccccc2)cc1.O=S(=O)(NS(=O)(=O)C(F)(F)C(F)(F)C(F)(F)C(F)(F)F)C(F)(F)F. The lowest BCUT2D eigenvalue weighted by Crippen LogP contribution is -2.65. The summed E-state index contributed by atoms with van der Waals surface area (Å²) in [7, 11) is -15.3. The molecule has 1 N–H and O–H groups in total. The largest absolute Gasteiger partial charge is 0.512 e. The van der Waals surface area contributed by atoms with Gasteiger partial charge in [0, 0.05) is 0 Å². The van der Waals surface area contributed by atoms with Crippen LogP contribution in [0.5, 0.6) is 0 Å². The molecule has 0 aromatic heterocycles. The van der Waals surface area contributed by atoms with Crippen LogP contribution in [0.15, 0.2) is 99.6 Å². The molecule has 20 heteroatoms. The maximum absolute atomic E-state index is 12.9. The highest BCUT2D eigenvalue weighted by atomic mass is 32.3. The van der Waals surface area contributed by atoms with Crippen LogP contribution in [-0.4, -0.2) is 45.6 Å². The van der Waals surface area contributed by atoms with Gasteiger partial charge in [-0.1, -0.05) is 73.4 Å². The first-order valence-corrected chi connectivity index (χ1v) is 16.7. The van der Waals surface area contributed by atoms with Crippen molar-refractivity contribution in [2.75, 3.05) is 0 Å². The van der Waals surface area contributed by atoms with Crippen molar-refractivity contribution in [3.8, 4) is 0 Å². The Labute approximate surface area is 264 Å². The van der Waals surface area contributed by atoms with Gasteiger partial charge in [0.1, 0.15) is 0 Å². The molecule has 0 aliphatic heterocycles. The molecular weight excluding hydrogens is 726 g/mol. The lowest BCUT2D eigenvalue weighted by molar-refractivity contribution is -0.382. The van der Waals surface area contributed by atoms with Crippen LogP contribution in [0.4, 0.5) is 52.7 Å². The predicted octanol–water partition coefficient (Wildman–Crippen LogP) is 8.26. The van der Waals surface area contributed by atoms with Crippen LogP contribution < -0.4 is 4.13 Å². The van der Waals surface area contributed by atoms with Gasteiger partial charge in [-0.3, -0.25) is 0 Å². The van der Waals surface area contributed by atoms with E-state index in [1.807, 2.05) is 0 Å². The molecular formula is C27H24F12NO4S3+. The first-order chi connectivity index (χ1) is 21.0. The Morgan fingerprint density at radius 3 is 1.19 bits per heavy atom. The second-order valence-electron chi connectivity index (χ2n) is 10.4. The summed E-state index contributed by atoms with van der Waals surface area (Å²) < 4.78 is 187. The van der Waals surface area contributed by atoms with Crippen molar-refractivity contribution in [2.45, 2.75) is 69.7 Å². The molecule has 0 bridgehead atoms. The minimum Gasteiger partial charge on any atom is -0.205 e. The number of nitrogens with one attached hydrogen (secondary N) is 1. The van der Waals surface area contributed by atoms with E-state index in [4.69, 9.17) is 0 Å². The second-order valence-corrected chi connectivity index (χ2v) is 16.1. The molecule has 0 saturated carbocycles. The van der Waals surface area contributed by atoms with Gasteiger partial charge in [-0.05, 0) is 47.4 Å². The topological polar surface area (TPSA) is 80.3 Å². The van der Waals surface area contributed by atoms with Crippen LogP contribution in [0.3, 0.4) is 0 Å². The molecule has 0 heterocycles. The molecule has 0 aliphatic carbocycles. The highest BCUT2D eigenvalue weighted by Crippen LogP contribution is 2.54. The molecule has 3 aromatic rings. The predicted molar refractivity (Wildman–Crippen MR) is 148 cm³/mol. The second kappa shape index (κ2) is 13.5. The number of hydrogen-bond acceptors (Lipinski definition) is 4. The van der Waals surface area contributed by atoms with E-state index in [0.717, 1.165) is 0 Å². The van der Waals surface area contributed by atoms with Gasteiger partial charge in [-0.25, -0.2) is 16.8 Å². The third-order valence-corrected chi connectivity index (χ3v) is 11.4. The van der Waals surface area contributed by atoms with Crippen LogP contribution in [0.1, 0.15) is 26.3 Å². The molecule has 0 aliphatic rings. The van der Waals surface area contributed by atoms with Gasteiger partial charge in [0.25, 0.3) is 10.0 Å². The zero-order valence-electron chi connectivity index (χ0n) is 24.0. The summed E-state index contributed by atoms with van der Waals surface area (Å²) in [4.78, 5) is 4.10. The van der Waals surface area contributed by atoms with Crippen molar-refractivity contribution in [3.05, 3.63) is 90.5 Å². The molecule has 3 aromatic carbocycles. The highest BCUT2D eigenvalue weighted by Gasteiger charge is 2.85. The van der Waals surface area contributed by atoms with Crippen LogP contribution in [-0.2, 0) is 36.4 Å². The molecule has 0 spiro atoms. The van der Waals surface area contributed by atoms with E-state index in [2.05, 4.69) is 106 Å². The number of hydrogen-bond donors (Lipinski definition) is 1. The lowest BCUT2D eigenvalue weighted by Gasteiger charge is -2.32. The minimum atomic E-state index is -7.92.